The molecule has 0 amide bonds. The zero-order chi connectivity index (χ0) is 49.3. The molecule has 0 aromatic heterocycles. The predicted molar refractivity (Wildman–Crippen MR) is 293 cm³/mol. The molecule has 402 valence electrons. The molecule has 0 aliphatic heterocycles. The monoisotopic (exact) mass is 959 g/mol. The Bertz CT molecular complexity index is 1060. The molecule has 0 aliphatic carbocycles. The Hall–Kier alpha value is -1.85. The lowest BCUT2D eigenvalue weighted by Gasteiger charge is -2.18. The quantitative estimate of drug-likeness (QED) is 0.0262. The average molecular weight is 960 g/mol. The maximum absolute atomic E-state index is 12.8. The van der Waals surface area contributed by atoms with Crippen LogP contribution in [0.3, 0.4) is 0 Å². The van der Waals surface area contributed by atoms with Gasteiger partial charge in [0.2, 0.25) is 0 Å². The van der Waals surface area contributed by atoms with Gasteiger partial charge < -0.3 is 14.2 Å². The molecular formula is C62H118O6. The fourth-order valence-corrected chi connectivity index (χ4v) is 9.38. The topological polar surface area (TPSA) is 78.9 Å². The second kappa shape index (κ2) is 57.7. The Morgan fingerprint density at radius 2 is 0.485 bits per heavy atom. The summed E-state index contributed by atoms with van der Waals surface area (Å²) in [4.78, 5) is 38.2. The Labute approximate surface area is 424 Å². The van der Waals surface area contributed by atoms with Gasteiger partial charge in [0.25, 0.3) is 0 Å². The molecule has 0 saturated heterocycles. The van der Waals surface area contributed by atoms with Gasteiger partial charge in [-0.1, -0.05) is 296 Å². The van der Waals surface area contributed by atoms with Crippen molar-refractivity contribution in [3.63, 3.8) is 0 Å². The van der Waals surface area contributed by atoms with Crippen LogP contribution in [0, 0.1) is 0 Å². The summed E-state index contributed by atoms with van der Waals surface area (Å²) in [6.07, 6.45) is 66.4. The molecule has 68 heavy (non-hydrogen) atoms. The molecule has 0 saturated carbocycles. The molecule has 0 bridgehead atoms. The second-order valence-corrected chi connectivity index (χ2v) is 21.0. The fourth-order valence-electron chi connectivity index (χ4n) is 9.38. The molecule has 0 N–H and O–H groups in total. The Kier molecular flexibility index (Phi) is 56.2. The highest BCUT2D eigenvalue weighted by atomic mass is 16.6. The van der Waals surface area contributed by atoms with E-state index in [0.717, 1.165) is 64.2 Å². The lowest BCUT2D eigenvalue weighted by Crippen LogP contribution is -2.30. The van der Waals surface area contributed by atoms with Crippen molar-refractivity contribution in [1.29, 1.82) is 0 Å². The third-order valence-corrected chi connectivity index (χ3v) is 14.0. The van der Waals surface area contributed by atoms with Crippen molar-refractivity contribution in [3.05, 3.63) is 12.2 Å². The first-order chi connectivity index (χ1) is 33.5. The van der Waals surface area contributed by atoms with Crippen LogP contribution in [0.4, 0.5) is 0 Å². The van der Waals surface area contributed by atoms with E-state index in [1.54, 1.807) is 0 Å². The van der Waals surface area contributed by atoms with Crippen LogP contribution in [0.2, 0.25) is 0 Å². The first-order valence-electron chi connectivity index (χ1n) is 30.7. The summed E-state index contributed by atoms with van der Waals surface area (Å²) in [6, 6.07) is 0. The number of hydrogen-bond acceptors (Lipinski definition) is 6. The van der Waals surface area contributed by atoms with Crippen LogP contribution in [-0.2, 0) is 28.6 Å². The number of rotatable bonds is 57. The number of hydrogen-bond donors (Lipinski definition) is 0. The lowest BCUT2D eigenvalue weighted by molar-refractivity contribution is -0.167. The molecule has 6 heteroatoms. The van der Waals surface area contributed by atoms with Gasteiger partial charge >= 0.3 is 17.9 Å². The first kappa shape index (κ1) is 66.2. The first-order valence-corrected chi connectivity index (χ1v) is 30.7. The summed E-state index contributed by atoms with van der Waals surface area (Å²) >= 11 is 0. The minimum absolute atomic E-state index is 0.0673. The zero-order valence-corrected chi connectivity index (χ0v) is 46.2. The van der Waals surface area contributed by atoms with Crippen molar-refractivity contribution in [2.75, 3.05) is 13.2 Å². The third-order valence-electron chi connectivity index (χ3n) is 14.0. The van der Waals surface area contributed by atoms with Crippen molar-refractivity contribution >= 4 is 17.9 Å². The predicted octanol–water partition coefficient (Wildman–Crippen LogP) is 20.5. The van der Waals surface area contributed by atoms with E-state index >= 15 is 0 Å². The molecule has 0 aliphatic rings. The summed E-state index contributed by atoms with van der Waals surface area (Å²) in [7, 11) is 0. The normalized spacial score (nSPS) is 12.0. The molecule has 0 fully saturated rings. The average Bonchev–Trinajstić information content (AvgIpc) is 3.34. The highest BCUT2D eigenvalue weighted by Crippen LogP contribution is 2.18. The number of ether oxygens (including phenoxy) is 3. The number of unbranched alkanes of at least 4 members (excludes halogenated alkanes) is 44. The van der Waals surface area contributed by atoms with Crippen molar-refractivity contribution in [3.8, 4) is 0 Å². The minimum Gasteiger partial charge on any atom is -0.462 e. The van der Waals surface area contributed by atoms with E-state index < -0.39 is 6.10 Å². The van der Waals surface area contributed by atoms with Gasteiger partial charge in [0.05, 0.1) is 0 Å². The Morgan fingerprint density at radius 3 is 0.735 bits per heavy atom. The summed E-state index contributed by atoms with van der Waals surface area (Å²) in [5, 5.41) is 0. The fraction of sp³-hybridized carbons (Fsp3) is 0.919. The molecule has 0 heterocycles. The van der Waals surface area contributed by atoms with Gasteiger partial charge in [-0.05, 0) is 44.9 Å². The van der Waals surface area contributed by atoms with Crippen LogP contribution in [-0.4, -0.2) is 37.2 Å². The highest BCUT2D eigenvalue weighted by Gasteiger charge is 2.19. The largest absolute Gasteiger partial charge is 0.462 e. The van der Waals surface area contributed by atoms with Crippen molar-refractivity contribution < 1.29 is 28.6 Å². The minimum atomic E-state index is -0.769. The maximum Gasteiger partial charge on any atom is 0.306 e. The van der Waals surface area contributed by atoms with Gasteiger partial charge in [-0.25, -0.2) is 0 Å². The van der Waals surface area contributed by atoms with Gasteiger partial charge in [-0.2, -0.15) is 0 Å². The maximum atomic E-state index is 12.8. The number of esters is 3. The Balaban J connectivity index is 4.22. The molecule has 0 rings (SSSR count). The van der Waals surface area contributed by atoms with Crippen LogP contribution in [0.1, 0.15) is 348 Å². The van der Waals surface area contributed by atoms with Gasteiger partial charge in [0, 0.05) is 19.3 Å². The van der Waals surface area contributed by atoms with Crippen molar-refractivity contribution in [1.82, 2.24) is 0 Å². The van der Waals surface area contributed by atoms with Gasteiger partial charge in [0.15, 0.2) is 6.10 Å². The molecule has 0 aromatic carbocycles. The number of allylic oxidation sites excluding steroid dienone is 2. The highest BCUT2D eigenvalue weighted by molar-refractivity contribution is 5.71. The zero-order valence-electron chi connectivity index (χ0n) is 46.2. The molecule has 1 atom stereocenters. The van der Waals surface area contributed by atoms with E-state index in [-0.39, 0.29) is 31.1 Å². The number of carbonyl (C=O) groups is 3. The lowest BCUT2D eigenvalue weighted by atomic mass is 10.0. The molecule has 0 spiro atoms. The molecule has 0 radical (unpaired) electrons. The summed E-state index contributed by atoms with van der Waals surface area (Å²) in [5.41, 5.74) is 0. The molecule has 1 unspecified atom stereocenters. The van der Waals surface area contributed by atoms with E-state index in [9.17, 15) is 14.4 Å². The Morgan fingerprint density at radius 1 is 0.279 bits per heavy atom. The second-order valence-electron chi connectivity index (χ2n) is 21.0. The van der Waals surface area contributed by atoms with E-state index in [2.05, 4.69) is 32.9 Å². The van der Waals surface area contributed by atoms with Gasteiger partial charge in [-0.3, -0.25) is 14.4 Å². The van der Waals surface area contributed by atoms with Crippen LogP contribution in [0.15, 0.2) is 12.2 Å². The van der Waals surface area contributed by atoms with Crippen LogP contribution in [0.5, 0.6) is 0 Å². The van der Waals surface area contributed by atoms with E-state index in [0.29, 0.717) is 19.3 Å². The molecule has 6 nitrogen and oxygen atoms in total. The van der Waals surface area contributed by atoms with Crippen LogP contribution in [0.25, 0.3) is 0 Å². The van der Waals surface area contributed by atoms with E-state index in [1.807, 2.05) is 0 Å². The SMILES string of the molecule is CCCCCCC/C=C\CCCCCCCC(=O)OC(COC(=O)CCCCCCCCCCCCCCC)COC(=O)CCCCCCCCCCCCCCCCCCCCCCCCC. The van der Waals surface area contributed by atoms with Crippen LogP contribution >= 0.6 is 0 Å². The van der Waals surface area contributed by atoms with Crippen molar-refractivity contribution in [2.45, 2.75) is 354 Å². The van der Waals surface area contributed by atoms with E-state index in [1.165, 1.54) is 244 Å². The summed E-state index contributed by atoms with van der Waals surface area (Å²) in [5.74, 6) is -0.850. The molecular weight excluding hydrogens is 841 g/mol. The third kappa shape index (κ3) is 55.1. The summed E-state index contributed by atoms with van der Waals surface area (Å²) < 4.78 is 16.9. The van der Waals surface area contributed by atoms with Crippen LogP contribution < -0.4 is 0 Å². The smallest absolute Gasteiger partial charge is 0.306 e. The van der Waals surface area contributed by atoms with Crippen molar-refractivity contribution in [2.24, 2.45) is 0 Å². The van der Waals surface area contributed by atoms with Gasteiger partial charge in [-0.15, -0.1) is 0 Å². The number of carbonyl (C=O) groups excluding carboxylic acids is 3. The van der Waals surface area contributed by atoms with Gasteiger partial charge in [0.1, 0.15) is 13.2 Å². The summed E-state index contributed by atoms with van der Waals surface area (Å²) in [6.45, 7) is 6.69. The standard InChI is InChI=1S/C62H118O6/c1-4-7-10-13-16-19-22-25-27-28-29-30-31-32-33-34-35-38-40-43-46-49-52-55-61(64)67-58-59(57-66-60(63)54-51-48-45-42-39-36-24-21-18-15-12-9-6-3)68-62(65)56-53-50-47-44-41-37-26-23-20-17-14-11-8-5-2/h23,26,59H,4-22,24-25,27-58H2,1-3H3/b26-23-. The molecule has 0 aromatic rings. The van der Waals surface area contributed by atoms with E-state index in [4.69, 9.17) is 14.2 Å².